The SMILES string of the molecule is CC(=O)c1nc(-c2ccc(F)c(Cl)c2)cs1. The predicted octanol–water partition coefficient (Wildman–Crippen LogP) is 3.81. The van der Waals surface area contributed by atoms with E-state index in [1.54, 1.807) is 11.4 Å². The molecule has 0 spiro atoms. The quantitative estimate of drug-likeness (QED) is 0.764. The Labute approximate surface area is 101 Å². The van der Waals surface area contributed by atoms with Crippen molar-refractivity contribution in [3.8, 4) is 11.3 Å². The average molecular weight is 256 g/mol. The molecule has 0 saturated heterocycles. The number of aromatic nitrogens is 1. The van der Waals surface area contributed by atoms with Crippen molar-refractivity contribution in [2.75, 3.05) is 0 Å². The zero-order valence-corrected chi connectivity index (χ0v) is 9.90. The first kappa shape index (κ1) is 11.2. The molecule has 0 aliphatic rings. The van der Waals surface area contributed by atoms with Gasteiger partial charge in [-0.1, -0.05) is 11.6 Å². The minimum Gasteiger partial charge on any atom is -0.292 e. The third-order valence-corrected chi connectivity index (χ3v) is 3.25. The Balaban J connectivity index is 2.42. The Morgan fingerprint density at radius 2 is 2.25 bits per heavy atom. The molecular formula is C11H7ClFNOS. The second-order valence-corrected chi connectivity index (χ2v) is 4.49. The van der Waals surface area contributed by atoms with Crippen LogP contribution in [0.15, 0.2) is 23.6 Å². The van der Waals surface area contributed by atoms with Gasteiger partial charge in [0.2, 0.25) is 0 Å². The first-order valence-corrected chi connectivity index (χ1v) is 5.75. The number of hydrogen-bond donors (Lipinski definition) is 0. The highest BCUT2D eigenvalue weighted by molar-refractivity contribution is 7.12. The van der Waals surface area contributed by atoms with Gasteiger partial charge in [0.1, 0.15) is 5.82 Å². The van der Waals surface area contributed by atoms with Crippen molar-refractivity contribution in [1.82, 2.24) is 4.98 Å². The first-order chi connectivity index (χ1) is 7.58. The summed E-state index contributed by atoms with van der Waals surface area (Å²) in [6, 6.07) is 4.36. The third-order valence-electron chi connectivity index (χ3n) is 2.02. The van der Waals surface area contributed by atoms with Crippen LogP contribution in [0.3, 0.4) is 0 Å². The number of thiazole rings is 1. The number of carbonyl (C=O) groups is 1. The molecule has 0 amide bonds. The second-order valence-electron chi connectivity index (χ2n) is 3.22. The van der Waals surface area contributed by atoms with Crippen molar-refractivity contribution < 1.29 is 9.18 Å². The maximum absolute atomic E-state index is 12.9. The van der Waals surface area contributed by atoms with Crippen molar-refractivity contribution >= 4 is 28.7 Å². The van der Waals surface area contributed by atoms with Crippen LogP contribution in [0.5, 0.6) is 0 Å². The zero-order valence-electron chi connectivity index (χ0n) is 8.33. The number of nitrogens with zero attached hydrogens (tertiary/aromatic N) is 1. The number of Topliss-reactive ketones (excluding diaryl/α,β-unsaturated/α-hetero) is 1. The lowest BCUT2D eigenvalue weighted by Crippen LogP contribution is -1.90. The van der Waals surface area contributed by atoms with E-state index in [1.807, 2.05) is 0 Å². The van der Waals surface area contributed by atoms with Gasteiger partial charge in [-0.25, -0.2) is 9.37 Å². The summed E-state index contributed by atoms with van der Waals surface area (Å²) in [7, 11) is 0. The van der Waals surface area contributed by atoms with Gasteiger partial charge in [-0.3, -0.25) is 4.79 Å². The van der Waals surface area contributed by atoms with E-state index < -0.39 is 5.82 Å². The Kier molecular flexibility index (Phi) is 3.03. The van der Waals surface area contributed by atoms with Crippen LogP contribution in [-0.4, -0.2) is 10.8 Å². The normalized spacial score (nSPS) is 10.4. The van der Waals surface area contributed by atoms with Crippen molar-refractivity contribution in [3.05, 3.63) is 39.4 Å². The molecule has 1 aromatic carbocycles. The van der Waals surface area contributed by atoms with E-state index in [-0.39, 0.29) is 10.8 Å². The molecule has 2 aromatic rings. The van der Waals surface area contributed by atoms with Gasteiger partial charge >= 0.3 is 0 Å². The van der Waals surface area contributed by atoms with Gasteiger partial charge < -0.3 is 0 Å². The highest BCUT2D eigenvalue weighted by atomic mass is 35.5. The molecule has 2 nitrogen and oxygen atoms in total. The largest absolute Gasteiger partial charge is 0.292 e. The van der Waals surface area contributed by atoms with Crippen LogP contribution in [0.4, 0.5) is 4.39 Å². The molecule has 2 rings (SSSR count). The summed E-state index contributed by atoms with van der Waals surface area (Å²) >= 11 is 6.93. The fourth-order valence-corrected chi connectivity index (χ4v) is 2.13. The number of carbonyl (C=O) groups excluding carboxylic acids is 1. The van der Waals surface area contributed by atoms with E-state index in [2.05, 4.69) is 4.98 Å². The summed E-state index contributed by atoms with van der Waals surface area (Å²) in [5.41, 5.74) is 1.34. The highest BCUT2D eigenvalue weighted by Gasteiger charge is 2.09. The van der Waals surface area contributed by atoms with Crippen molar-refractivity contribution in [2.45, 2.75) is 6.92 Å². The van der Waals surface area contributed by atoms with E-state index >= 15 is 0 Å². The summed E-state index contributed by atoms with van der Waals surface area (Å²) in [6.07, 6.45) is 0. The Morgan fingerprint density at radius 3 is 2.81 bits per heavy atom. The molecule has 0 bridgehead atoms. The van der Waals surface area contributed by atoms with E-state index in [1.165, 1.54) is 30.4 Å². The molecular weight excluding hydrogens is 249 g/mol. The fourth-order valence-electron chi connectivity index (χ4n) is 1.22. The Morgan fingerprint density at radius 1 is 1.50 bits per heavy atom. The number of hydrogen-bond acceptors (Lipinski definition) is 3. The van der Waals surface area contributed by atoms with Crippen LogP contribution in [0, 0.1) is 5.82 Å². The Hall–Kier alpha value is -1.26. The molecule has 1 aromatic heterocycles. The molecule has 0 atom stereocenters. The molecule has 82 valence electrons. The molecule has 0 aliphatic carbocycles. The maximum atomic E-state index is 12.9. The van der Waals surface area contributed by atoms with Crippen LogP contribution in [0.2, 0.25) is 5.02 Å². The molecule has 5 heteroatoms. The highest BCUT2D eigenvalue weighted by Crippen LogP contribution is 2.26. The summed E-state index contributed by atoms with van der Waals surface area (Å²) in [5, 5.41) is 2.24. The van der Waals surface area contributed by atoms with Crippen molar-refractivity contribution in [3.63, 3.8) is 0 Å². The van der Waals surface area contributed by atoms with Crippen LogP contribution in [0.25, 0.3) is 11.3 Å². The van der Waals surface area contributed by atoms with Crippen molar-refractivity contribution in [1.29, 1.82) is 0 Å². The van der Waals surface area contributed by atoms with Gasteiger partial charge in [-0.05, 0) is 18.2 Å². The van der Waals surface area contributed by atoms with Gasteiger partial charge in [0, 0.05) is 17.9 Å². The van der Waals surface area contributed by atoms with Crippen LogP contribution in [0.1, 0.15) is 16.7 Å². The summed E-state index contributed by atoms with van der Waals surface area (Å²) in [5.74, 6) is -0.545. The molecule has 0 saturated carbocycles. The van der Waals surface area contributed by atoms with Gasteiger partial charge in [-0.2, -0.15) is 0 Å². The van der Waals surface area contributed by atoms with E-state index in [0.717, 1.165) is 0 Å². The van der Waals surface area contributed by atoms with Gasteiger partial charge in [0.15, 0.2) is 10.8 Å². The fraction of sp³-hybridized carbons (Fsp3) is 0.0909. The molecule has 0 unspecified atom stereocenters. The lowest BCUT2D eigenvalue weighted by atomic mass is 10.2. The minimum atomic E-state index is -0.465. The van der Waals surface area contributed by atoms with Crippen LogP contribution >= 0.6 is 22.9 Å². The number of halogens is 2. The summed E-state index contributed by atoms with van der Waals surface area (Å²) in [6.45, 7) is 1.46. The summed E-state index contributed by atoms with van der Waals surface area (Å²) < 4.78 is 12.9. The lowest BCUT2D eigenvalue weighted by molar-refractivity contribution is 0.101. The summed E-state index contributed by atoms with van der Waals surface area (Å²) in [4.78, 5) is 15.2. The van der Waals surface area contributed by atoms with Crippen LogP contribution < -0.4 is 0 Å². The molecule has 16 heavy (non-hydrogen) atoms. The minimum absolute atomic E-state index is 0.0508. The monoisotopic (exact) mass is 255 g/mol. The smallest absolute Gasteiger partial charge is 0.188 e. The zero-order chi connectivity index (χ0) is 11.7. The number of ketones is 1. The van der Waals surface area contributed by atoms with Gasteiger partial charge in [0.05, 0.1) is 10.7 Å². The first-order valence-electron chi connectivity index (χ1n) is 4.50. The number of rotatable bonds is 2. The molecule has 0 radical (unpaired) electrons. The molecule has 0 aliphatic heterocycles. The third kappa shape index (κ3) is 2.13. The van der Waals surface area contributed by atoms with Gasteiger partial charge in [-0.15, -0.1) is 11.3 Å². The van der Waals surface area contributed by atoms with E-state index in [0.29, 0.717) is 16.3 Å². The maximum Gasteiger partial charge on any atom is 0.188 e. The van der Waals surface area contributed by atoms with E-state index in [4.69, 9.17) is 11.6 Å². The lowest BCUT2D eigenvalue weighted by Gasteiger charge is -1.98. The molecule has 1 heterocycles. The van der Waals surface area contributed by atoms with Crippen molar-refractivity contribution in [2.24, 2.45) is 0 Å². The standard InChI is InChI=1S/C11H7ClFNOS/c1-6(15)11-14-10(5-16-11)7-2-3-9(13)8(12)4-7/h2-5H,1H3. The van der Waals surface area contributed by atoms with Gasteiger partial charge in [0.25, 0.3) is 0 Å². The predicted molar refractivity (Wildman–Crippen MR) is 62.5 cm³/mol. The van der Waals surface area contributed by atoms with Crippen LogP contribution in [-0.2, 0) is 0 Å². The number of benzene rings is 1. The second kappa shape index (κ2) is 4.31. The average Bonchev–Trinajstić information content (AvgIpc) is 2.71. The van der Waals surface area contributed by atoms with E-state index in [9.17, 15) is 9.18 Å². The topological polar surface area (TPSA) is 30.0 Å². The molecule has 0 fully saturated rings. The molecule has 0 N–H and O–H groups in total. The Bertz CT molecular complexity index is 553.